The second-order valence-electron chi connectivity index (χ2n) is 7.46. The first-order valence-corrected chi connectivity index (χ1v) is 11.2. The molecule has 0 fully saturated rings. The largest absolute Gasteiger partial charge is 0.497 e. The Morgan fingerprint density at radius 2 is 1.71 bits per heavy atom. The third kappa shape index (κ3) is 4.10. The number of allylic oxidation sites excluding steroid dienone is 1. The van der Waals surface area contributed by atoms with E-state index >= 15 is 0 Å². The summed E-state index contributed by atoms with van der Waals surface area (Å²) in [5, 5.41) is 0. The minimum atomic E-state index is -0.679. The second kappa shape index (κ2) is 9.56. The van der Waals surface area contributed by atoms with Crippen LogP contribution in [0.2, 0.25) is 0 Å². The normalized spacial score (nSPS) is 15.4. The van der Waals surface area contributed by atoms with Crippen molar-refractivity contribution in [2.45, 2.75) is 13.0 Å². The van der Waals surface area contributed by atoms with Crippen LogP contribution in [0, 0.1) is 0 Å². The average molecular weight is 481 g/mol. The summed E-state index contributed by atoms with van der Waals surface area (Å²) in [6, 6.07) is 12.0. The summed E-state index contributed by atoms with van der Waals surface area (Å²) in [5.41, 5.74) is 2.08. The fourth-order valence-electron chi connectivity index (χ4n) is 3.89. The van der Waals surface area contributed by atoms with Crippen molar-refractivity contribution in [1.29, 1.82) is 0 Å². The van der Waals surface area contributed by atoms with Crippen molar-refractivity contribution in [2.75, 3.05) is 28.4 Å². The Hall–Kier alpha value is -3.85. The lowest BCUT2D eigenvalue weighted by molar-refractivity contribution is -0.136. The predicted octanol–water partition coefficient (Wildman–Crippen LogP) is 2.43. The molecule has 0 spiro atoms. The third-order valence-corrected chi connectivity index (χ3v) is 6.55. The van der Waals surface area contributed by atoms with Gasteiger partial charge in [-0.05, 0) is 48.4 Å². The molecule has 0 amide bonds. The molecule has 3 aromatic rings. The molecule has 0 saturated heterocycles. The van der Waals surface area contributed by atoms with Crippen LogP contribution in [0.1, 0.15) is 24.1 Å². The molecule has 0 unspecified atom stereocenters. The second-order valence-corrected chi connectivity index (χ2v) is 8.47. The Balaban J connectivity index is 1.92. The molecule has 8 nitrogen and oxygen atoms in total. The van der Waals surface area contributed by atoms with Crippen LogP contribution in [-0.4, -0.2) is 39.0 Å². The number of aromatic nitrogens is 1. The lowest BCUT2D eigenvalue weighted by Crippen LogP contribution is -2.39. The van der Waals surface area contributed by atoms with Gasteiger partial charge in [-0.3, -0.25) is 9.36 Å². The fraction of sp³-hybridized carbons (Fsp3) is 0.240. The first-order chi connectivity index (χ1) is 16.4. The van der Waals surface area contributed by atoms with Crippen molar-refractivity contribution < 1.29 is 23.7 Å². The molecule has 1 aromatic heterocycles. The van der Waals surface area contributed by atoms with E-state index in [9.17, 15) is 9.59 Å². The Morgan fingerprint density at radius 3 is 2.32 bits per heavy atom. The van der Waals surface area contributed by atoms with Gasteiger partial charge >= 0.3 is 5.97 Å². The summed E-state index contributed by atoms with van der Waals surface area (Å²) < 4.78 is 23.0. The van der Waals surface area contributed by atoms with Gasteiger partial charge in [0.2, 0.25) is 0 Å². The number of benzene rings is 2. The van der Waals surface area contributed by atoms with E-state index in [4.69, 9.17) is 18.9 Å². The average Bonchev–Trinajstić information content (AvgIpc) is 3.16. The molecule has 1 atom stereocenters. The first kappa shape index (κ1) is 23.3. The van der Waals surface area contributed by atoms with E-state index in [1.165, 1.54) is 23.0 Å². The van der Waals surface area contributed by atoms with Crippen molar-refractivity contribution in [3.8, 4) is 17.2 Å². The minimum Gasteiger partial charge on any atom is -0.497 e. The molecule has 1 aliphatic heterocycles. The fourth-order valence-corrected chi connectivity index (χ4v) is 4.93. The van der Waals surface area contributed by atoms with Crippen LogP contribution >= 0.6 is 11.3 Å². The Bertz CT molecular complexity index is 1450. The van der Waals surface area contributed by atoms with Crippen molar-refractivity contribution in [1.82, 2.24) is 4.57 Å². The zero-order valence-electron chi connectivity index (χ0n) is 19.4. The third-order valence-electron chi connectivity index (χ3n) is 5.56. The highest BCUT2D eigenvalue weighted by atomic mass is 32.1. The van der Waals surface area contributed by atoms with Gasteiger partial charge in [0.15, 0.2) is 16.3 Å². The van der Waals surface area contributed by atoms with E-state index in [0.717, 1.165) is 11.1 Å². The zero-order valence-corrected chi connectivity index (χ0v) is 20.3. The Labute approximate surface area is 200 Å². The van der Waals surface area contributed by atoms with Gasteiger partial charge in [-0.25, -0.2) is 9.79 Å². The lowest BCUT2D eigenvalue weighted by atomic mass is 9.96. The van der Waals surface area contributed by atoms with Gasteiger partial charge < -0.3 is 18.9 Å². The number of thiazole rings is 1. The van der Waals surface area contributed by atoms with Crippen molar-refractivity contribution in [3.05, 3.63) is 84.5 Å². The van der Waals surface area contributed by atoms with Crippen molar-refractivity contribution in [2.24, 2.45) is 4.99 Å². The highest BCUT2D eigenvalue weighted by Crippen LogP contribution is 2.31. The van der Waals surface area contributed by atoms with E-state index in [1.54, 1.807) is 58.6 Å². The molecule has 34 heavy (non-hydrogen) atoms. The van der Waals surface area contributed by atoms with E-state index in [1.807, 2.05) is 18.2 Å². The maximum atomic E-state index is 13.6. The van der Waals surface area contributed by atoms with Gasteiger partial charge in [-0.1, -0.05) is 29.5 Å². The molecule has 0 radical (unpaired) electrons. The number of fused-ring (bicyclic) bond motifs is 1. The molecule has 0 N–H and O–H groups in total. The van der Waals surface area contributed by atoms with Gasteiger partial charge in [0.05, 0.1) is 50.3 Å². The maximum Gasteiger partial charge on any atom is 0.338 e. The topological polar surface area (TPSA) is 88.4 Å². The number of carbonyl (C=O) groups is 1. The summed E-state index contributed by atoms with van der Waals surface area (Å²) in [6.45, 7) is 1.74. The molecule has 2 heterocycles. The number of nitrogens with zero attached hydrogens (tertiary/aromatic N) is 2. The Morgan fingerprint density at radius 1 is 1.00 bits per heavy atom. The van der Waals surface area contributed by atoms with Gasteiger partial charge in [-0.15, -0.1) is 0 Å². The monoisotopic (exact) mass is 480 g/mol. The molecule has 1 aliphatic rings. The SMILES string of the molecule is COC(=O)C1=C(C)N=c2s/c(=C\c3ccc(OC)c(OC)c3)c(=O)n2[C@H]1c1ccc(OC)cc1. The summed E-state index contributed by atoms with van der Waals surface area (Å²) in [4.78, 5) is 31.4. The van der Waals surface area contributed by atoms with Crippen LogP contribution in [0.3, 0.4) is 0 Å². The molecule has 2 aromatic carbocycles. The molecule has 9 heteroatoms. The predicted molar refractivity (Wildman–Crippen MR) is 128 cm³/mol. The van der Waals surface area contributed by atoms with Crippen LogP contribution < -0.4 is 29.1 Å². The van der Waals surface area contributed by atoms with E-state index in [2.05, 4.69) is 4.99 Å². The summed E-state index contributed by atoms with van der Waals surface area (Å²) in [5.74, 6) is 1.30. The molecule has 176 valence electrons. The standard InChI is InChI=1S/C25H24N2O6S/c1-14-21(24(29)33-5)22(16-7-9-17(30-2)10-8-16)27-23(28)20(34-25(27)26-14)13-15-6-11-18(31-3)19(12-15)32-4/h6-13,22H,1-5H3/b20-13-/t22-/m0/s1. The quantitative estimate of drug-likeness (QED) is 0.504. The zero-order chi connectivity index (χ0) is 24.4. The van der Waals surface area contributed by atoms with Crippen LogP contribution in [0.25, 0.3) is 6.08 Å². The molecule has 0 aliphatic carbocycles. The number of rotatable bonds is 6. The number of hydrogen-bond donors (Lipinski definition) is 0. The van der Waals surface area contributed by atoms with Gasteiger partial charge in [0.1, 0.15) is 5.75 Å². The highest BCUT2D eigenvalue weighted by Gasteiger charge is 2.33. The molecule has 4 rings (SSSR count). The number of ether oxygens (including phenoxy) is 4. The van der Waals surface area contributed by atoms with E-state index in [-0.39, 0.29) is 5.56 Å². The van der Waals surface area contributed by atoms with Crippen LogP contribution in [-0.2, 0) is 9.53 Å². The van der Waals surface area contributed by atoms with Gasteiger partial charge in [0.25, 0.3) is 5.56 Å². The van der Waals surface area contributed by atoms with Crippen molar-refractivity contribution >= 4 is 23.4 Å². The molecule has 0 saturated carbocycles. The molecular weight excluding hydrogens is 456 g/mol. The van der Waals surface area contributed by atoms with Crippen LogP contribution in [0.4, 0.5) is 0 Å². The summed E-state index contributed by atoms with van der Waals surface area (Å²) >= 11 is 1.26. The number of carbonyl (C=O) groups excluding carboxylic acids is 1. The van der Waals surface area contributed by atoms with Crippen LogP contribution in [0.5, 0.6) is 17.2 Å². The number of methoxy groups -OCH3 is 4. The summed E-state index contributed by atoms with van der Waals surface area (Å²) in [7, 11) is 6.02. The minimum absolute atomic E-state index is 0.256. The van der Waals surface area contributed by atoms with Gasteiger partial charge in [-0.2, -0.15) is 0 Å². The summed E-state index contributed by atoms with van der Waals surface area (Å²) in [6.07, 6.45) is 1.77. The lowest BCUT2D eigenvalue weighted by Gasteiger charge is -2.24. The first-order valence-electron chi connectivity index (χ1n) is 10.4. The van der Waals surface area contributed by atoms with Crippen LogP contribution in [0.15, 0.2) is 63.5 Å². The number of esters is 1. The maximum absolute atomic E-state index is 13.6. The number of hydrogen-bond acceptors (Lipinski definition) is 8. The Kier molecular flexibility index (Phi) is 6.56. The van der Waals surface area contributed by atoms with E-state index in [0.29, 0.717) is 37.9 Å². The molecule has 0 bridgehead atoms. The van der Waals surface area contributed by atoms with Gasteiger partial charge in [0, 0.05) is 0 Å². The smallest absolute Gasteiger partial charge is 0.338 e. The highest BCUT2D eigenvalue weighted by molar-refractivity contribution is 7.07. The van der Waals surface area contributed by atoms with E-state index < -0.39 is 12.0 Å². The molecular formula is C25H24N2O6S. The van der Waals surface area contributed by atoms with Crippen molar-refractivity contribution in [3.63, 3.8) is 0 Å².